The molecular formula is C30H39N3O7. The number of rotatable bonds is 14. The Morgan fingerprint density at radius 2 is 1.70 bits per heavy atom. The topological polar surface area (TPSA) is 174 Å². The van der Waals surface area contributed by atoms with Crippen molar-refractivity contribution in [3.05, 3.63) is 89.0 Å². The number of phenols is 1. The zero-order valence-corrected chi connectivity index (χ0v) is 22.7. The zero-order chi connectivity index (χ0) is 29.3. The summed E-state index contributed by atoms with van der Waals surface area (Å²) in [5.74, 6) is 0.0254. The molecule has 0 spiro atoms. The van der Waals surface area contributed by atoms with Gasteiger partial charge in [-0.1, -0.05) is 30.3 Å². The Kier molecular flexibility index (Phi) is 14.0. The molecule has 2 amide bonds. The molecule has 0 unspecified atom stereocenters. The third-order valence-corrected chi connectivity index (χ3v) is 5.83. The third kappa shape index (κ3) is 12.6. The summed E-state index contributed by atoms with van der Waals surface area (Å²) in [5.41, 5.74) is 9.23. The van der Waals surface area contributed by atoms with Crippen molar-refractivity contribution in [2.45, 2.75) is 45.3 Å². The molecule has 0 saturated carbocycles. The Hall–Kier alpha value is -4.12. The molecule has 10 heteroatoms. The number of primary amides is 1. The second kappa shape index (κ2) is 17.5. The van der Waals surface area contributed by atoms with Crippen molar-refractivity contribution in [2.24, 2.45) is 5.73 Å². The van der Waals surface area contributed by atoms with E-state index >= 15 is 0 Å². The van der Waals surface area contributed by atoms with Crippen LogP contribution in [0.25, 0.3) is 0 Å². The number of urea groups is 1. The highest BCUT2D eigenvalue weighted by Crippen LogP contribution is 2.22. The fourth-order valence-corrected chi connectivity index (χ4v) is 3.85. The average Bonchev–Trinajstić information content (AvgIpc) is 2.91. The lowest BCUT2D eigenvalue weighted by molar-refractivity contribution is -0.134. The van der Waals surface area contributed by atoms with E-state index in [1.807, 2.05) is 48.5 Å². The van der Waals surface area contributed by atoms with Crippen molar-refractivity contribution >= 4 is 17.7 Å². The predicted octanol–water partition coefficient (Wildman–Crippen LogP) is 3.73. The SMILES string of the molecule is CC(=O)O.NC(=O)Nc1cccc(CCCCOc2ccc(CCNC[C@H](O)c3ccc(O)c(CO)c3)cc2)c1. The molecule has 0 aliphatic heterocycles. The summed E-state index contributed by atoms with van der Waals surface area (Å²) in [5, 5.41) is 42.5. The number of anilines is 1. The van der Waals surface area contributed by atoms with Crippen LogP contribution in [0.2, 0.25) is 0 Å². The highest BCUT2D eigenvalue weighted by molar-refractivity contribution is 5.87. The van der Waals surface area contributed by atoms with Gasteiger partial charge < -0.3 is 41.5 Å². The molecule has 0 aliphatic rings. The van der Waals surface area contributed by atoms with Gasteiger partial charge in [-0.05, 0) is 85.3 Å². The van der Waals surface area contributed by atoms with Crippen LogP contribution in [0.1, 0.15) is 48.1 Å². The Morgan fingerprint density at radius 1 is 0.975 bits per heavy atom. The number of carboxylic acids is 1. The largest absolute Gasteiger partial charge is 0.508 e. The predicted molar refractivity (Wildman–Crippen MR) is 153 cm³/mol. The van der Waals surface area contributed by atoms with Crippen LogP contribution in [-0.4, -0.2) is 52.1 Å². The van der Waals surface area contributed by atoms with E-state index in [0.717, 1.165) is 43.9 Å². The van der Waals surface area contributed by atoms with Crippen LogP contribution in [0.5, 0.6) is 11.5 Å². The number of carbonyl (C=O) groups is 2. The number of aliphatic carboxylic acids is 1. The highest BCUT2D eigenvalue weighted by atomic mass is 16.5. The quantitative estimate of drug-likeness (QED) is 0.148. The van der Waals surface area contributed by atoms with Crippen LogP contribution < -0.4 is 21.1 Å². The molecule has 0 fully saturated rings. The normalized spacial score (nSPS) is 11.2. The maximum atomic E-state index is 11.0. The van der Waals surface area contributed by atoms with Crippen LogP contribution in [0.3, 0.4) is 0 Å². The highest BCUT2D eigenvalue weighted by Gasteiger charge is 2.10. The number of aryl methyl sites for hydroxylation is 1. The van der Waals surface area contributed by atoms with Gasteiger partial charge in [0.05, 0.1) is 19.3 Å². The molecule has 3 rings (SSSR count). The minimum Gasteiger partial charge on any atom is -0.508 e. The van der Waals surface area contributed by atoms with Crippen LogP contribution >= 0.6 is 0 Å². The number of aliphatic hydroxyl groups excluding tert-OH is 2. The molecule has 3 aromatic rings. The maximum Gasteiger partial charge on any atom is 0.316 e. The first-order valence-corrected chi connectivity index (χ1v) is 13.1. The van der Waals surface area contributed by atoms with Gasteiger partial charge >= 0.3 is 6.03 Å². The van der Waals surface area contributed by atoms with Crippen molar-refractivity contribution in [1.29, 1.82) is 0 Å². The fourth-order valence-electron chi connectivity index (χ4n) is 3.85. The third-order valence-electron chi connectivity index (χ3n) is 5.83. The average molecular weight is 554 g/mol. The molecule has 0 aliphatic carbocycles. The van der Waals surface area contributed by atoms with Crippen molar-refractivity contribution in [1.82, 2.24) is 5.32 Å². The summed E-state index contributed by atoms with van der Waals surface area (Å²) < 4.78 is 5.85. The molecule has 40 heavy (non-hydrogen) atoms. The summed E-state index contributed by atoms with van der Waals surface area (Å²) in [7, 11) is 0. The second-order valence-electron chi connectivity index (χ2n) is 9.17. The van der Waals surface area contributed by atoms with Gasteiger partial charge in [0.15, 0.2) is 0 Å². The van der Waals surface area contributed by atoms with E-state index in [9.17, 15) is 20.1 Å². The van der Waals surface area contributed by atoms with E-state index in [1.165, 1.54) is 11.6 Å². The smallest absolute Gasteiger partial charge is 0.316 e. The lowest BCUT2D eigenvalue weighted by Crippen LogP contribution is -2.23. The lowest BCUT2D eigenvalue weighted by Gasteiger charge is -2.14. The molecule has 0 heterocycles. The first kappa shape index (κ1) is 32.1. The number of nitrogens with one attached hydrogen (secondary N) is 2. The van der Waals surface area contributed by atoms with E-state index in [2.05, 4.69) is 10.6 Å². The van der Waals surface area contributed by atoms with Crippen molar-refractivity contribution < 1.29 is 34.8 Å². The van der Waals surface area contributed by atoms with Gasteiger partial charge in [-0.3, -0.25) is 4.79 Å². The number of aromatic hydroxyl groups is 1. The van der Waals surface area contributed by atoms with Gasteiger partial charge in [-0.2, -0.15) is 0 Å². The molecule has 1 atom stereocenters. The number of hydrogen-bond acceptors (Lipinski definition) is 7. The number of unbranched alkanes of at least 4 members (excludes halogenated alkanes) is 1. The first-order valence-electron chi connectivity index (χ1n) is 13.1. The summed E-state index contributed by atoms with van der Waals surface area (Å²) in [6.07, 6.45) is 2.88. The standard InChI is InChI=1S/C28H35N3O5.C2H4O2/c29-28(35)31-24-6-3-5-21(16-24)4-1-2-15-36-25-10-7-20(8-11-25)13-14-30-18-27(34)22-9-12-26(33)23(17-22)19-32;1-2(3)4/h3,5-12,16-17,27,30,32-34H,1-2,4,13-15,18-19H2,(H3,29,31,35);1H3,(H,3,4)/t27-;/m0./s1. The molecule has 216 valence electrons. The van der Waals surface area contributed by atoms with Crippen LogP contribution in [0.15, 0.2) is 66.7 Å². The van der Waals surface area contributed by atoms with E-state index in [-0.39, 0.29) is 12.4 Å². The first-order chi connectivity index (χ1) is 19.2. The minimum atomic E-state index is -0.833. The number of hydrogen-bond donors (Lipinski definition) is 7. The summed E-state index contributed by atoms with van der Waals surface area (Å²) in [4.78, 5) is 20.0. The molecule has 8 N–H and O–H groups in total. The number of amides is 2. The Bertz CT molecular complexity index is 1200. The van der Waals surface area contributed by atoms with Gasteiger partial charge in [-0.25, -0.2) is 4.79 Å². The Labute approximate surface area is 234 Å². The van der Waals surface area contributed by atoms with E-state index in [4.69, 9.17) is 20.4 Å². The molecule has 3 aromatic carbocycles. The maximum absolute atomic E-state index is 11.0. The Balaban J connectivity index is 0.00000131. The van der Waals surface area contributed by atoms with Crippen molar-refractivity contribution in [2.75, 3.05) is 25.0 Å². The summed E-state index contributed by atoms with van der Waals surface area (Å²) in [6.45, 7) is 2.53. The number of aliphatic hydroxyl groups is 2. The van der Waals surface area contributed by atoms with Gasteiger partial charge in [0.1, 0.15) is 11.5 Å². The van der Waals surface area contributed by atoms with Gasteiger partial charge in [0, 0.05) is 24.7 Å². The van der Waals surface area contributed by atoms with Crippen LogP contribution in [0, 0.1) is 0 Å². The van der Waals surface area contributed by atoms with E-state index < -0.39 is 18.1 Å². The van der Waals surface area contributed by atoms with Crippen molar-refractivity contribution in [3.63, 3.8) is 0 Å². The number of carbonyl (C=O) groups excluding carboxylic acids is 1. The molecule has 10 nitrogen and oxygen atoms in total. The number of ether oxygens (including phenoxy) is 1. The second-order valence-corrected chi connectivity index (χ2v) is 9.17. The van der Waals surface area contributed by atoms with Gasteiger partial charge in [-0.15, -0.1) is 0 Å². The number of carboxylic acid groups (broad SMARTS) is 1. The minimum absolute atomic E-state index is 0.0237. The van der Waals surface area contributed by atoms with E-state index in [0.29, 0.717) is 36.5 Å². The van der Waals surface area contributed by atoms with Crippen LogP contribution in [0.4, 0.5) is 10.5 Å². The number of benzene rings is 3. The lowest BCUT2D eigenvalue weighted by atomic mass is 10.1. The molecule has 0 aromatic heterocycles. The molecule has 0 saturated heterocycles. The fraction of sp³-hybridized carbons (Fsp3) is 0.333. The zero-order valence-electron chi connectivity index (χ0n) is 22.7. The van der Waals surface area contributed by atoms with Gasteiger partial charge in [0.25, 0.3) is 5.97 Å². The number of nitrogens with two attached hydrogens (primary N) is 1. The Morgan fingerprint density at radius 3 is 2.38 bits per heavy atom. The molecular weight excluding hydrogens is 514 g/mol. The summed E-state index contributed by atoms with van der Waals surface area (Å²) >= 11 is 0. The van der Waals surface area contributed by atoms with E-state index in [1.54, 1.807) is 12.1 Å². The van der Waals surface area contributed by atoms with Crippen LogP contribution in [-0.2, 0) is 24.2 Å². The monoisotopic (exact) mass is 553 g/mol. The van der Waals surface area contributed by atoms with Crippen molar-refractivity contribution in [3.8, 4) is 11.5 Å². The summed E-state index contributed by atoms with van der Waals surface area (Å²) in [6, 6.07) is 19.9. The van der Waals surface area contributed by atoms with Gasteiger partial charge in [0.2, 0.25) is 0 Å². The molecule has 0 bridgehead atoms. The molecule has 0 radical (unpaired) electrons.